The van der Waals surface area contributed by atoms with Crippen LogP contribution in [0.15, 0.2) is 75.7 Å². The number of carbonyl (C=O) groups is 1. The van der Waals surface area contributed by atoms with Gasteiger partial charge in [-0.25, -0.2) is 4.79 Å². The number of carbonyl (C=O) groups excluding carboxylic acids is 1. The maximum absolute atomic E-state index is 12.9. The molecule has 0 aliphatic heterocycles. The Morgan fingerprint density at radius 1 is 0.975 bits per heavy atom. The summed E-state index contributed by atoms with van der Waals surface area (Å²) in [4.78, 5) is 14.2. The highest BCUT2D eigenvalue weighted by atomic mass is 79.9. The van der Waals surface area contributed by atoms with Gasteiger partial charge in [0.1, 0.15) is 5.75 Å². The molecule has 0 N–H and O–H groups in total. The van der Waals surface area contributed by atoms with Crippen molar-refractivity contribution in [2.75, 3.05) is 7.11 Å². The van der Waals surface area contributed by atoms with Gasteiger partial charge in [0.15, 0.2) is 6.10 Å². The molecule has 40 heavy (non-hydrogen) atoms. The normalized spacial score (nSPS) is 13.0. The van der Waals surface area contributed by atoms with Gasteiger partial charge in [0.2, 0.25) is 0 Å². The molecular formula is C34H32Br2O3S. The molecule has 5 aromatic rings. The van der Waals surface area contributed by atoms with Gasteiger partial charge in [-0.15, -0.1) is 11.3 Å². The molecule has 6 heteroatoms. The van der Waals surface area contributed by atoms with Crippen molar-refractivity contribution in [2.24, 2.45) is 0 Å². The zero-order valence-electron chi connectivity index (χ0n) is 23.3. The van der Waals surface area contributed by atoms with Gasteiger partial charge in [-0.3, -0.25) is 0 Å². The van der Waals surface area contributed by atoms with Gasteiger partial charge in [0.05, 0.1) is 16.3 Å². The van der Waals surface area contributed by atoms with E-state index in [4.69, 9.17) is 9.47 Å². The molecule has 0 saturated carbocycles. The molecule has 0 bridgehead atoms. The number of benzene rings is 4. The summed E-state index contributed by atoms with van der Waals surface area (Å²) in [7, 11) is 1.41. The number of ether oxygens (including phenoxy) is 2. The van der Waals surface area contributed by atoms with Crippen LogP contribution < -0.4 is 4.74 Å². The first-order chi connectivity index (χ1) is 19.2. The number of hydrogen-bond acceptors (Lipinski definition) is 4. The second-order valence-electron chi connectivity index (χ2n) is 10.2. The Hall–Kier alpha value is -2.67. The SMILES string of the molecule is CCC(C)c1cc(-c2c3ccccc3c(Br)c3sc(C)c(C)c23)cc(Br)c1OC(Cc1ccccc1)C(=O)OC. The number of methoxy groups -OCH3 is 1. The van der Waals surface area contributed by atoms with Crippen LogP contribution in [0.3, 0.4) is 0 Å². The maximum atomic E-state index is 12.9. The minimum atomic E-state index is -0.764. The van der Waals surface area contributed by atoms with Crippen LogP contribution in [0.1, 0.15) is 47.8 Å². The first-order valence-corrected chi connectivity index (χ1v) is 15.9. The van der Waals surface area contributed by atoms with Gasteiger partial charge >= 0.3 is 5.97 Å². The molecular weight excluding hydrogens is 648 g/mol. The molecule has 4 aromatic carbocycles. The van der Waals surface area contributed by atoms with Crippen LogP contribution >= 0.6 is 43.2 Å². The van der Waals surface area contributed by atoms with E-state index in [1.165, 1.54) is 44.0 Å². The summed E-state index contributed by atoms with van der Waals surface area (Å²) in [6.45, 7) is 8.79. The summed E-state index contributed by atoms with van der Waals surface area (Å²) < 4.78 is 14.9. The number of aryl methyl sites for hydroxylation is 2. The van der Waals surface area contributed by atoms with Crippen molar-refractivity contribution in [1.29, 1.82) is 0 Å². The maximum Gasteiger partial charge on any atom is 0.347 e. The average Bonchev–Trinajstić information content (AvgIpc) is 3.27. The van der Waals surface area contributed by atoms with Crippen molar-refractivity contribution in [3.05, 3.63) is 97.2 Å². The van der Waals surface area contributed by atoms with Crippen LogP contribution in [-0.2, 0) is 16.0 Å². The molecule has 0 radical (unpaired) electrons. The summed E-state index contributed by atoms with van der Waals surface area (Å²) in [6, 6.07) is 22.9. The van der Waals surface area contributed by atoms with Crippen molar-refractivity contribution in [3.63, 3.8) is 0 Å². The molecule has 206 valence electrons. The van der Waals surface area contributed by atoms with Gasteiger partial charge < -0.3 is 9.47 Å². The molecule has 5 rings (SSSR count). The van der Waals surface area contributed by atoms with E-state index < -0.39 is 6.10 Å². The lowest BCUT2D eigenvalue weighted by atomic mass is 9.89. The van der Waals surface area contributed by atoms with Crippen LogP contribution in [0.2, 0.25) is 0 Å². The number of rotatable bonds is 8. The number of esters is 1. The standard InChI is InChI=1S/C34H32Br2O3S/c1-6-19(2)26-17-23(18-27(35)32(26)39-28(34(37)38-5)16-22-12-8-7-9-13-22)30-24-14-10-11-15-25(24)31(36)33-29(30)20(3)21(4)40-33/h7-15,17-19,28H,6,16H2,1-5H3. The van der Waals surface area contributed by atoms with Crippen molar-refractivity contribution in [3.8, 4) is 16.9 Å². The van der Waals surface area contributed by atoms with Gasteiger partial charge in [-0.2, -0.15) is 0 Å². The smallest absolute Gasteiger partial charge is 0.347 e. The lowest BCUT2D eigenvalue weighted by Crippen LogP contribution is -2.31. The topological polar surface area (TPSA) is 35.5 Å². The number of halogens is 2. The van der Waals surface area contributed by atoms with Crippen LogP contribution in [0.4, 0.5) is 0 Å². The molecule has 0 aliphatic rings. The van der Waals surface area contributed by atoms with Gasteiger partial charge in [-0.1, -0.05) is 68.4 Å². The molecule has 1 aromatic heterocycles. The van der Waals surface area contributed by atoms with Crippen LogP contribution in [0.25, 0.3) is 32.0 Å². The van der Waals surface area contributed by atoms with Crippen LogP contribution in [0, 0.1) is 13.8 Å². The van der Waals surface area contributed by atoms with E-state index in [1.807, 2.05) is 41.7 Å². The lowest BCUT2D eigenvalue weighted by Gasteiger charge is -2.24. The van der Waals surface area contributed by atoms with E-state index in [0.717, 1.165) is 32.1 Å². The second-order valence-corrected chi connectivity index (χ2v) is 13.1. The van der Waals surface area contributed by atoms with E-state index in [2.05, 4.69) is 96.0 Å². The second kappa shape index (κ2) is 12.1. The van der Waals surface area contributed by atoms with Crippen molar-refractivity contribution < 1.29 is 14.3 Å². The van der Waals surface area contributed by atoms with Gasteiger partial charge in [0, 0.05) is 21.2 Å². The Balaban J connectivity index is 1.72. The largest absolute Gasteiger partial charge is 0.477 e. The molecule has 0 amide bonds. The Morgan fingerprint density at radius 2 is 1.65 bits per heavy atom. The third kappa shape index (κ3) is 5.34. The Labute approximate surface area is 256 Å². The van der Waals surface area contributed by atoms with E-state index in [-0.39, 0.29) is 11.9 Å². The Kier molecular flexibility index (Phi) is 8.69. The fraction of sp³-hybridized carbons (Fsp3) is 0.265. The monoisotopic (exact) mass is 678 g/mol. The molecule has 0 saturated heterocycles. The van der Waals surface area contributed by atoms with E-state index in [1.54, 1.807) is 0 Å². The fourth-order valence-electron chi connectivity index (χ4n) is 5.28. The number of fused-ring (bicyclic) bond motifs is 2. The Morgan fingerprint density at radius 3 is 2.33 bits per heavy atom. The quantitative estimate of drug-likeness (QED) is 0.153. The molecule has 0 spiro atoms. The van der Waals surface area contributed by atoms with Crippen LogP contribution in [-0.4, -0.2) is 19.2 Å². The molecule has 1 heterocycles. The minimum Gasteiger partial charge on any atom is -0.477 e. The molecule has 2 unspecified atom stereocenters. The summed E-state index contributed by atoms with van der Waals surface area (Å²) in [5.74, 6) is 0.518. The zero-order valence-corrected chi connectivity index (χ0v) is 27.3. The Bertz CT molecular complexity index is 1710. The van der Waals surface area contributed by atoms with Crippen molar-refractivity contribution >= 4 is 70.0 Å². The summed E-state index contributed by atoms with van der Waals surface area (Å²) in [5, 5.41) is 3.68. The summed E-state index contributed by atoms with van der Waals surface area (Å²) >= 11 is 9.62. The van der Waals surface area contributed by atoms with Crippen molar-refractivity contribution in [2.45, 2.75) is 52.6 Å². The minimum absolute atomic E-state index is 0.212. The van der Waals surface area contributed by atoms with Crippen molar-refractivity contribution in [1.82, 2.24) is 0 Å². The predicted molar refractivity (Wildman–Crippen MR) is 175 cm³/mol. The van der Waals surface area contributed by atoms with Gasteiger partial charge in [0.25, 0.3) is 0 Å². The third-order valence-electron chi connectivity index (χ3n) is 7.76. The van der Waals surface area contributed by atoms with E-state index in [9.17, 15) is 4.79 Å². The number of thiophene rings is 1. The first-order valence-electron chi connectivity index (χ1n) is 13.5. The highest BCUT2D eigenvalue weighted by molar-refractivity contribution is 9.11. The van der Waals surface area contributed by atoms with E-state index >= 15 is 0 Å². The summed E-state index contributed by atoms with van der Waals surface area (Å²) in [5.41, 5.74) is 5.74. The molecule has 0 aliphatic carbocycles. The predicted octanol–water partition coefficient (Wildman–Crippen LogP) is 10.5. The van der Waals surface area contributed by atoms with Crippen LogP contribution in [0.5, 0.6) is 5.75 Å². The van der Waals surface area contributed by atoms with Gasteiger partial charge in [-0.05, 0) is 109 Å². The molecule has 2 atom stereocenters. The first kappa shape index (κ1) is 28.8. The fourth-order valence-corrected chi connectivity index (χ4v) is 7.75. The van der Waals surface area contributed by atoms with E-state index in [0.29, 0.717) is 12.2 Å². The molecule has 0 fully saturated rings. The third-order valence-corrected chi connectivity index (χ3v) is 10.7. The number of hydrogen-bond donors (Lipinski definition) is 0. The average molecular weight is 681 g/mol. The zero-order chi connectivity index (χ0) is 28.6. The highest BCUT2D eigenvalue weighted by Crippen LogP contribution is 2.49. The lowest BCUT2D eigenvalue weighted by molar-refractivity contribution is -0.148. The molecule has 3 nitrogen and oxygen atoms in total. The highest BCUT2D eigenvalue weighted by Gasteiger charge is 2.27. The summed E-state index contributed by atoms with van der Waals surface area (Å²) in [6.07, 6.45) is 0.591.